The second-order valence-corrected chi connectivity index (χ2v) is 4.85. The molecule has 0 aromatic heterocycles. The van der Waals surface area contributed by atoms with Gasteiger partial charge in [0.25, 0.3) is 0 Å². The summed E-state index contributed by atoms with van der Waals surface area (Å²) >= 11 is 0. The summed E-state index contributed by atoms with van der Waals surface area (Å²) in [6.45, 7) is 2.28. The molecule has 0 aromatic rings. The number of aliphatic carboxylic acids is 1. The molecule has 2 N–H and O–H groups in total. The Morgan fingerprint density at radius 3 is 2.53 bits per heavy atom. The Hall–Kier alpha value is -1.26. The van der Waals surface area contributed by atoms with Crippen LogP contribution in [0.25, 0.3) is 0 Å². The molecular weight excluding hydrogens is 220 g/mol. The summed E-state index contributed by atoms with van der Waals surface area (Å²) in [7, 11) is 1.62. The summed E-state index contributed by atoms with van der Waals surface area (Å²) in [5.74, 6) is -0.305. The zero-order valence-electron chi connectivity index (χ0n) is 10.6. The highest BCUT2D eigenvalue weighted by Crippen LogP contribution is 2.27. The number of hydrogen-bond acceptors (Lipinski definition) is 2. The maximum atomic E-state index is 11.7. The van der Waals surface area contributed by atoms with E-state index in [4.69, 9.17) is 5.11 Å². The monoisotopic (exact) mass is 242 g/mol. The fraction of sp³-hybridized carbons (Fsp3) is 0.833. The fourth-order valence-electron chi connectivity index (χ4n) is 2.25. The van der Waals surface area contributed by atoms with Gasteiger partial charge in [0.15, 0.2) is 0 Å². The Bertz CT molecular complexity index is 275. The first kappa shape index (κ1) is 13.8. The molecule has 0 saturated heterocycles. The van der Waals surface area contributed by atoms with Crippen molar-refractivity contribution in [1.29, 1.82) is 0 Å². The Morgan fingerprint density at radius 2 is 2.00 bits per heavy atom. The van der Waals surface area contributed by atoms with Gasteiger partial charge >= 0.3 is 12.0 Å². The van der Waals surface area contributed by atoms with Crippen molar-refractivity contribution < 1.29 is 14.7 Å². The first-order valence-corrected chi connectivity index (χ1v) is 6.24. The topological polar surface area (TPSA) is 69.6 Å². The van der Waals surface area contributed by atoms with Crippen LogP contribution in [0.3, 0.4) is 0 Å². The molecule has 0 spiro atoms. The predicted octanol–water partition coefficient (Wildman–Crippen LogP) is 1.68. The van der Waals surface area contributed by atoms with Gasteiger partial charge in [-0.15, -0.1) is 0 Å². The summed E-state index contributed by atoms with van der Waals surface area (Å²) in [5, 5.41) is 11.5. The lowest BCUT2D eigenvalue weighted by molar-refractivity contribution is -0.137. The minimum absolute atomic E-state index is 0.0122. The van der Waals surface area contributed by atoms with Crippen LogP contribution in [0.4, 0.5) is 4.79 Å². The van der Waals surface area contributed by atoms with Crippen LogP contribution in [0.5, 0.6) is 0 Å². The molecule has 5 heteroatoms. The number of carboxylic acid groups (broad SMARTS) is 1. The smallest absolute Gasteiger partial charge is 0.317 e. The SMILES string of the molecule is CC(NC(=O)N(C)CCC(=O)O)C1CCCC1. The van der Waals surface area contributed by atoms with Crippen molar-refractivity contribution in [3.63, 3.8) is 0 Å². The van der Waals surface area contributed by atoms with Gasteiger partial charge in [-0.2, -0.15) is 0 Å². The molecule has 1 aliphatic carbocycles. The Labute approximate surface area is 102 Å². The maximum absolute atomic E-state index is 11.7. The highest BCUT2D eigenvalue weighted by atomic mass is 16.4. The number of nitrogens with one attached hydrogen (secondary N) is 1. The van der Waals surface area contributed by atoms with Crippen LogP contribution in [-0.2, 0) is 4.79 Å². The van der Waals surface area contributed by atoms with Gasteiger partial charge < -0.3 is 15.3 Å². The molecule has 0 aromatic carbocycles. The third-order valence-electron chi connectivity index (χ3n) is 3.47. The Morgan fingerprint density at radius 1 is 1.41 bits per heavy atom. The largest absolute Gasteiger partial charge is 0.481 e. The molecule has 17 heavy (non-hydrogen) atoms. The van der Waals surface area contributed by atoms with Crippen molar-refractivity contribution in [3.8, 4) is 0 Å². The van der Waals surface area contributed by atoms with E-state index < -0.39 is 5.97 Å². The van der Waals surface area contributed by atoms with Crippen LogP contribution in [0.2, 0.25) is 0 Å². The zero-order valence-corrected chi connectivity index (χ0v) is 10.6. The predicted molar refractivity (Wildman–Crippen MR) is 64.8 cm³/mol. The van der Waals surface area contributed by atoms with Crippen LogP contribution in [0, 0.1) is 5.92 Å². The van der Waals surface area contributed by atoms with Crippen molar-refractivity contribution in [2.75, 3.05) is 13.6 Å². The van der Waals surface area contributed by atoms with E-state index in [9.17, 15) is 9.59 Å². The van der Waals surface area contributed by atoms with Gasteiger partial charge in [0.05, 0.1) is 6.42 Å². The lowest BCUT2D eigenvalue weighted by Crippen LogP contribution is -2.45. The van der Waals surface area contributed by atoms with E-state index in [1.165, 1.54) is 30.6 Å². The van der Waals surface area contributed by atoms with Gasteiger partial charge in [-0.3, -0.25) is 4.79 Å². The molecule has 0 heterocycles. The molecule has 1 unspecified atom stereocenters. The molecule has 98 valence electrons. The summed E-state index contributed by atoms with van der Waals surface area (Å²) < 4.78 is 0. The first-order chi connectivity index (χ1) is 8.00. The van der Waals surface area contributed by atoms with E-state index in [0.717, 1.165) is 0 Å². The van der Waals surface area contributed by atoms with E-state index in [-0.39, 0.29) is 25.0 Å². The minimum Gasteiger partial charge on any atom is -0.481 e. The molecule has 1 atom stereocenters. The number of carboxylic acids is 1. The van der Waals surface area contributed by atoms with Crippen molar-refractivity contribution in [1.82, 2.24) is 10.2 Å². The second-order valence-electron chi connectivity index (χ2n) is 4.85. The normalized spacial score (nSPS) is 17.8. The molecule has 1 aliphatic rings. The van der Waals surface area contributed by atoms with Gasteiger partial charge in [0.2, 0.25) is 0 Å². The van der Waals surface area contributed by atoms with Gasteiger partial charge in [-0.1, -0.05) is 12.8 Å². The van der Waals surface area contributed by atoms with Crippen molar-refractivity contribution in [3.05, 3.63) is 0 Å². The quantitative estimate of drug-likeness (QED) is 0.770. The molecule has 1 rings (SSSR count). The number of rotatable bonds is 5. The average Bonchev–Trinajstić information content (AvgIpc) is 2.78. The van der Waals surface area contributed by atoms with Gasteiger partial charge in [0.1, 0.15) is 0 Å². The summed E-state index contributed by atoms with van der Waals surface area (Å²) in [4.78, 5) is 23.6. The standard InChI is InChI=1S/C12H22N2O3/c1-9(10-5-3-4-6-10)13-12(17)14(2)8-7-11(15)16/h9-10H,3-8H2,1-2H3,(H,13,17)(H,15,16). The lowest BCUT2D eigenvalue weighted by Gasteiger charge is -2.24. The van der Waals surface area contributed by atoms with E-state index >= 15 is 0 Å². The molecule has 0 radical (unpaired) electrons. The summed E-state index contributed by atoms with van der Waals surface area (Å²) in [6.07, 6.45) is 4.85. The maximum Gasteiger partial charge on any atom is 0.317 e. The summed E-state index contributed by atoms with van der Waals surface area (Å²) in [5.41, 5.74) is 0. The van der Waals surface area contributed by atoms with E-state index in [2.05, 4.69) is 5.32 Å². The van der Waals surface area contributed by atoms with Gasteiger partial charge in [0, 0.05) is 19.6 Å². The molecule has 5 nitrogen and oxygen atoms in total. The molecule has 2 amide bonds. The van der Waals surface area contributed by atoms with Crippen molar-refractivity contribution in [2.24, 2.45) is 5.92 Å². The Kier molecular flexibility index (Phi) is 5.25. The van der Waals surface area contributed by atoms with Crippen molar-refractivity contribution >= 4 is 12.0 Å². The lowest BCUT2D eigenvalue weighted by atomic mass is 10.0. The molecular formula is C12H22N2O3. The van der Waals surface area contributed by atoms with Gasteiger partial charge in [-0.05, 0) is 25.7 Å². The number of hydrogen-bond donors (Lipinski definition) is 2. The third-order valence-corrected chi connectivity index (χ3v) is 3.47. The third kappa shape index (κ3) is 4.63. The molecule has 1 fully saturated rings. The number of carbonyl (C=O) groups is 2. The van der Waals surface area contributed by atoms with Crippen LogP contribution >= 0.6 is 0 Å². The number of amides is 2. The van der Waals surface area contributed by atoms with Gasteiger partial charge in [-0.25, -0.2) is 4.79 Å². The molecule has 0 bridgehead atoms. The number of nitrogens with zero attached hydrogens (tertiary/aromatic N) is 1. The highest BCUT2D eigenvalue weighted by Gasteiger charge is 2.23. The fourth-order valence-corrected chi connectivity index (χ4v) is 2.25. The van der Waals surface area contributed by atoms with Crippen LogP contribution in [0.1, 0.15) is 39.0 Å². The second kappa shape index (κ2) is 6.47. The Balaban J connectivity index is 2.29. The van der Waals surface area contributed by atoms with Crippen LogP contribution in [-0.4, -0.2) is 41.6 Å². The molecule has 1 saturated carbocycles. The summed E-state index contributed by atoms with van der Waals surface area (Å²) in [6, 6.07) is 0.00271. The van der Waals surface area contributed by atoms with E-state index in [0.29, 0.717) is 5.92 Å². The molecule has 0 aliphatic heterocycles. The minimum atomic E-state index is -0.881. The van der Waals surface area contributed by atoms with E-state index in [1.807, 2.05) is 6.92 Å². The highest BCUT2D eigenvalue weighted by molar-refractivity contribution is 5.75. The average molecular weight is 242 g/mol. The number of urea groups is 1. The van der Waals surface area contributed by atoms with Crippen LogP contribution in [0.15, 0.2) is 0 Å². The van der Waals surface area contributed by atoms with E-state index in [1.54, 1.807) is 7.05 Å². The first-order valence-electron chi connectivity index (χ1n) is 6.24. The van der Waals surface area contributed by atoms with Crippen LogP contribution < -0.4 is 5.32 Å². The van der Waals surface area contributed by atoms with Crippen molar-refractivity contribution in [2.45, 2.75) is 45.1 Å². The zero-order chi connectivity index (χ0) is 12.8. The number of carbonyl (C=O) groups excluding carboxylic acids is 1.